The molecule has 5 nitrogen and oxygen atoms in total. The number of hydrogen-bond donors (Lipinski definition) is 2. The van der Waals surface area contributed by atoms with Gasteiger partial charge in [-0.15, -0.1) is 0 Å². The van der Waals surface area contributed by atoms with Crippen LogP contribution in [0.3, 0.4) is 0 Å². The fourth-order valence-corrected chi connectivity index (χ4v) is 1.62. The van der Waals surface area contributed by atoms with Crippen LogP contribution in [0.4, 0.5) is 23.2 Å². The predicted octanol–water partition coefficient (Wildman–Crippen LogP) is 0.855. The lowest BCUT2D eigenvalue weighted by Crippen LogP contribution is -2.47. The number of imide groups is 1. The van der Waals surface area contributed by atoms with Gasteiger partial charge in [-0.2, -0.15) is 22.5 Å². The quantitative estimate of drug-likeness (QED) is 0.478. The molecule has 2 heterocycles. The number of aromatic nitrogens is 1. The Balaban J connectivity index is 2.29. The zero-order valence-electron chi connectivity index (χ0n) is 9.27. The summed E-state index contributed by atoms with van der Waals surface area (Å²) < 4.78 is 52.3. The van der Waals surface area contributed by atoms with Crippen LogP contribution in [0, 0.1) is 23.5 Å². The minimum Gasteiger partial charge on any atom is -0.369 e. The first-order chi connectivity index (χ1) is 8.90. The van der Waals surface area contributed by atoms with Crippen LogP contribution in [0.1, 0.15) is 12.8 Å². The molecule has 102 valence electrons. The van der Waals surface area contributed by atoms with Gasteiger partial charge in [-0.3, -0.25) is 14.9 Å². The van der Waals surface area contributed by atoms with Crippen LogP contribution in [-0.4, -0.2) is 22.8 Å². The molecule has 2 N–H and O–H groups in total. The lowest BCUT2D eigenvalue weighted by molar-refractivity contribution is -0.133. The molecule has 1 aromatic rings. The zero-order chi connectivity index (χ0) is 14.2. The second-order valence-corrected chi connectivity index (χ2v) is 3.84. The number of halogens is 4. The van der Waals surface area contributed by atoms with E-state index in [9.17, 15) is 27.2 Å². The summed E-state index contributed by atoms with van der Waals surface area (Å²) in [4.78, 5) is 24.6. The highest BCUT2D eigenvalue weighted by Crippen LogP contribution is 2.24. The summed E-state index contributed by atoms with van der Waals surface area (Å²) in [5, 5.41) is 3.96. The van der Waals surface area contributed by atoms with E-state index in [1.165, 1.54) is 0 Å². The topological polar surface area (TPSA) is 71.1 Å². The number of amides is 2. The van der Waals surface area contributed by atoms with Crippen LogP contribution in [-0.2, 0) is 9.59 Å². The summed E-state index contributed by atoms with van der Waals surface area (Å²) in [6.45, 7) is 0. The van der Waals surface area contributed by atoms with E-state index < -0.39 is 47.1 Å². The first-order valence-electron chi connectivity index (χ1n) is 5.20. The van der Waals surface area contributed by atoms with Crippen molar-refractivity contribution in [1.82, 2.24) is 10.3 Å². The Morgan fingerprint density at radius 3 is 2.21 bits per heavy atom. The van der Waals surface area contributed by atoms with Gasteiger partial charge < -0.3 is 5.32 Å². The van der Waals surface area contributed by atoms with Crippen molar-refractivity contribution in [3.8, 4) is 0 Å². The van der Waals surface area contributed by atoms with Gasteiger partial charge in [0.1, 0.15) is 11.7 Å². The molecule has 1 atom stereocenters. The van der Waals surface area contributed by atoms with Crippen molar-refractivity contribution in [2.45, 2.75) is 18.9 Å². The van der Waals surface area contributed by atoms with Crippen molar-refractivity contribution >= 4 is 17.5 Å². The summed E-state index contributed by atoms with van der Waals surface area (Å²) in [5.74, 6) is -8.47. The molecule has 0 aliphatic carbocycles. The normalized spacial score (nSPS) is 19.3. The Morgan fingerprint density at radius 2 is 1.68 bits per heavy atom. The third-order valence-corrected chi connectivity index (χ3v) is 2.56. The molecule has 1 aliphatic rings. The van der Waals surface area contributed by atoms with Gasteiger partial charge in [0.2, 0.25) is 23.4 Å². The second-order valence-electron chi connectivity index (χ2n) is 3.84. The Kier molecular flexibility index (Phi) is 3.36. The first kappa shape index (κ1) is 13.2. The molecule has 1 unspecified atom stereocenters. The molecule has 19 heavy (non-hydrogen) atoms. The van der Waals surface area contributed by atoms with E-state index in [1.807, 2.05) is 10.6 Å². The van der Waals surface area contributed by atoms with E-state index in [0.717, 1.165) is 0 Å². The number of piperidine rings is 1. The van der Waals surface area contributed by atoms with Crippen molar-refractivity contribution in [2.24, 2.45) is 0 Å². The summed E-state index contributed by atoms with van der Waals surface area (Å²) in [5.41, 5.74) is -1.13. The van der Waals surface area contributed by atoms with E-state index >= 15 is 0 Å². The van der Waals surface area contributed by atoms with Crippen molar-refractivity contribution in [2.75, 3.05) is 5.32 Å². The Bertz CT molecular complexity index is 538. The maximum absolute atomic E-state index is 13.3. The van der Waals surface area contributed by atoms with E-state index in [0.29, 0.717) is 0 Å². The predicted molar refractivity (Wildman–Crippen MR) is 53.9 cm³/mol. The fraction of sp³-hybridized carbons (Fsp3) is 0.300. The number of hydrogen-bond acceptors (Lipinski definition) is 4. The highest BCUT2D eigenvalue weighted by Gasteiger charge is 2.30. The number of anilines is 1. The van der Waals surface area contributed by atoms with Gasteiger partial charge in [0.05, 0.1) is 0 Å². The highest BCUT2D eigenvalue weighted by molar-refractivity contribution is 6.01. The van der Waals surface area contributed by atoms with Gasteiger partial charge in [0.15, 0.2) is 0 Å². The molecule has 1 aliphatic heterocycles. The Morgan fingerprint density at radius 1 is 1.11 bits per heavy atom. The lowest BCUT2D eigenvalue weighted by atomic mass is 10.1. The smallest absolute Gasteiger partial charge is 0.253 e. The standard InChI is InChI=1S/C10H7F4N3O2/c11-5-7(6(12)9(14)17-8(5)13)15-3-1-2-4(18)16-10(3)19/h3H,1-2H2,(H,15,17)(H,16,18,19). The van der Waals surface area contributed by atoms with E-state index in [2.05, 4.69) is 4.98 Å². The van der Waals surface area contributed by atoms with Crippen LogP contribution in [0.15, 0.2) is 0 Å². The molecule has 0 spiro atoms. The maximum atomic E-state index is 13.3. The number of nitrogens with zero attached hydrogens (tertiary/aromatic N) is 1. The Labute approximate surface area is 104 Å². The number of pyridine rings is 1. The van der Waals surface area contributed by atoms with Crippen LogP contribution in [0.25, 0.3) is 0 Å². The van der Waals surface area contributed by atoms with E-state index in [4.69, 9.17) is 0 Å². The molecule has 1 fully saturated rings. The monoisotopic (exact) mass is 277 g/mol. The average Bonchev–Trinajstić information content (AvgIpc) is 2.34. The molecule has 0 radical (unpaired) electrons. The van der Waals surface area contributed by atoms with Crippen molar-refractivity contribution < 1.29 is 27.2 Å². The average molecular weight is 277 g/mol. The van der Waals surface area contributed by atoms with Crippen LogP contribution in [0.2, 0.25) is 0 Å². The van der Waals surface area contributed by atoms with Crippen LogP contribution < -0.4 is 10.6 Å². The minimum absolute atomic E-state index is 0.0465. The number of carbonyl (C=O) groups excluding carboxylic acids is 2. The molecule has 2 amide bonds. The molecule has 9 heteroatoms. The van der Waals surface area contributed by atoms with Gasteiger partial charge in [0, 0.05) is 6.42 Å². The highest BCUT2D eigenvalue weighted by atomic mass is 19.2. The molecule has 1 aromatic heterocycles. The summed E-state index contributed by atoms with van der Waals surface area (Å²) >= 11 is 0. The molecule has 1 saturated heterocycles. The third kappa shape index (κ3) is 2.49. The van der Waals surface area contributed by atoms with Gasteiger partial charge in [-0.25, -0.2) is 0 Å². The molecule has 0 saturated carbocycles. The third-order valence-electron chi connectivity index (χ3n) is 2.56. The molecule has 0 bridgehead atoms. The van der Waals surface area contributed by atoms with E-state index in [1.54, 1.807) is 0 Å². The summed E-state index contributed by atoms with van der Waals surface area (Å²) in [6, 6.07) is -1.16. The summed E-state index contributed by atoms with van der Waals surface area (Å²) in [6.07, 6.45) is -0.0994. The second kappa shape index (κ2) is 4.82. The largest absolute Gasteiger partial charge is 0.369 e. The van der Waals surface area contributed by atoms with E-state index in [-0.39, 0.29) is 12.8 Å². The lowest BCUT2D eigenvalue weighted by Gasteiger charge is -2.23. The first-order valence-corrected chi connectivity index (χ1v) is 5.20. The Hall–Kier alpha value is -2.19. The minimum atomic E-state index is -1.83. The molecular weight excluding hydrogens is 270 g/mol. The van der Waals surface area contributed by atoms with Crippen LogP contribution in [0.5, 0.6) is 0 Å². The number of nitrogens with one attached hydrogen (secondary N) is 2. The van der Waals surface area contributed by atoms with Crippen molar-refractivity contribution in [3.05, 3.63) is 23.5 Å². The van der Waals surface area contributed by atoms with Gasteiger partial charge in [0.25, 0.3) is 11.9 Å². The van der Waals surface area contributed by atoms with Crippen molar-refractivity contribution in [1.29, 1.82) is 0 Å². The number of carbonyl (C=O) groups is 2. The summed E-state index contributed by atoms with van der Waals surface area (Å²) in [7, 11) is 0. The molecule has 0 aromatic carbocycles. The van der Waals surface area contributed by atoms with Gasteiger partial charge >= 0.3 is 0 Å². The maximum Gasteiger partial charge on any atom is 0.253 e. The molecular formula is C10H7F4N3O2. The number of rotatable bonds is 2. The van der Waals surface area contributed by atoms with Crippen molar-refractivity contribution in [3.63, 3.8) is 0 Å². The van der Waals surface area contributed by atoms with Crippen LogP contribution >= 0.6 is 0 Å². The SMILES string of the molecule is O=C1CCC(Nc2c(F)c(F)nc(F)c2F)C(=O)N1. The zero-order valence-corrected chi connectivity index (χ0v) is 9.27. The molecule has 2 rings (SSSR count). The van der Waals surface area contributed by atoms with Gasteiger partial charge in [-0.05, 0) is 6.42 Å². The fourth-order valence-electron chi connectivity index (χ4n) is 1.62. The van der Waals surface area contributed by atoms with Gasteiger partial charge in [-0.1, -0.05) is 0 Å².